The molecule has 0 aromatic carbocycles. The van der Waals surface area contributed by atoms with E-state index < -0.39 is 0 Å². The summed E-state index contributed by atoms with van der Waals surface area (Å²) in [5, 5.41) is 0. The average molecular weight is 204 g/mol. The minimum atomic E-state index is 0.816. The molecule has 2 aliphatic rings. The number of fused-ring (bicyclic) bond motifs is 1. The number of hydrogen-bond acceptors (Lipinski definition) is 0. The number of allylic oxidation sites excluding steroid dienone is 2. The van der Waals surface area contributed by atoms with Crippen LogP contribution in [0, 0.1) is 23.7 Å². The van der Waals surface area contributed by atoms with E-state index in [0.29, 0.717) is 0 Å². The van der Waals surface area contributed by atoms with Crippen LogP contribution in [-0.2, 0) is 0 Å². The zero-order valence-corrected chi connectivity index (χ0v) is 10.3. The van der Waals surface area contributed by atoms with E-state index in [9.17, 15) is 0 Å². The first-order valence-electron chi connectivity index (χ1n) is 6.44. The maximum atomic E-state index is 4.29. The van der Waals surface area contributed by atoms with Gasteiger partial charge in [-0.3, -0.25) is 0 Å². The van der Waals surface area contributed by atoms with E-state index in [-0.39, 0.29) is 0 Å². The summed E-state index contributed by atoms with van der Waals surface area (Å²) in [5.41, 5.74) is 3.01. The summed E-state index contributed by atoms with van der Waals surface area (Å²) < 4.78 is 0. The summed E-state index contributed by atoms with van der Waals surface area (Å²) in [6, 6.07) is 0. The van der Waals surface area contributed by atoms with Gasteiger partial charge in [-0.05, 0) is 55.8 Å². The Bertz CT molecular complexity index is 272. The molecule has 0 bridgehead atoms. The Morgan fingerprint density at radius 1 is 1.13 bits per heavy atom. The number of rotatable bonds is 1. The van der Waals surface area contributed by atoms with E-state index in [1.54, 1.807) is 0 Å². The minimum absolute atomic E-state index is 0.816. The van der Waals surface area contributed by atoms with Crippen LogP contribution in [0.5, 0.6) is 0 Å². The third kappa shape index (κ3) is 2.04. The summed E-state index contributed by atoms with van der Waals surface area (Å²) in [6.45, 7) is 13.2. The molecule has 0 amide bonds. The van der Waals surface area contributed by atoms with E-state index in [1.807, 2.05) is 0 Å². The van der Waals surface area contributed by atoms with Crippen molar-refractivity contribution in [3.63, 3.8) is 0 Å². The molecule has 2 aliphatic carbocycles. The molecular formula is C15H24. The second-order valence-electron chi connectivity index (χ2n) is 5.87. The molecule has 84 valence electrons. The van der Waals surface area contributed by atoms with Crippen LogP contribution in [0.25, 0.3) is 0 Å². The molecule has 0 radical (unpaired) electrons. The highest BCUT2D eigenvalue weighted by Crippen LogP contribution is 2.49. The van der Waals surface area contributed by atoms with Crippen LogP contribution in [-0.4, -0.2) is 0 Å². The topological polar surface area (TPSA) is 0 Å². The molecule has 0 nitrogen and oxygen atoms in total. The van der Waals surface area contributed by atoms with Gasteiger partial charge in [-0.15, -0.1) is 0 Å². The van der Waals surface area contributed by atoms with E-state index >= 15 is 0 Å². The van der Waals surface area contributed by atoms with Crippen molar-refractivity contribution in [3.05, 3.63) is 24.3 Å². The molecular weight excluding hydrogens is 180 g/mol. The maximum Gasteiger partial charge on any atom is -0.0169 e. The Hall–Kier alpha value is -0.520. The molecule has 2 rings (SSSR count). The van der Waals surface area contributed by atoms with Crippen LogP contribution in [0.15, 0.2) is 24.3 Å². The molecule has 15 heavy (non-hydrogen) atoms. The van der Waals surface area contributed by atoms with Gasteiger partial charge in [0.15, 0.2) is 0 Å². The lowest BCUT2D eigenvalue weighted by atomic mass is 9.60. The Morgan fingerprint density at radius 3 is 2.53 bits per heavy atom. The molecule has 0 N–H and O–H groups in total. The third-order valence-electron chi connectivity index (χ3n) is 4.58. The molecule has 0 heterocycles. The Kier molecular flexibility index (Phi) is 3.04. The number of hydrogen-bond donors (Lipinski definition) is 0. The molecule has 3 atom stereocenters. The second-order valence-corrected chi connectivity index (χ2v) is 5.87. The van der Waals surface area contributed by atoms with Crippen molar-refractivity contribution in [2.75, 3.05) is 0 Å². The van der Waals surface area contributed by atoms with E-state index in [1.165, 1.54) is 43.3 Å². The first-order chi connectivity index (χ1) is 7.09. The standard InChI is InChI=1S/C15H24/c1-10(2)13-8-6-12(4)14-7-5-11(3)9-15(13)14/h10,13-15H,3-9H2,1-2H3/t13-,14-,15-/m0/s1. The van der Waals surface area contributed by atoms with Gasteiger partial charge in [0.2, 0.25) is 0 Å². The Balaban J connectivity index is 2.17. The fourth-order valence-corrected chi connectivity index (χ4v) is 3.69. The largest absolute Gasteiger partial charge is 0.0999 e. The summed E-state index contributed by atoms with van der Waals surface area (Å²) in [6.07, 6.45) is 6.48. The van der Waals surface area contributed by atoms with Crippen LogP contribution < -0.4 is 0 Å². The Morgan fingerprint density at radius 2 is 1.87 bits per heavy atom. The van der Waals surface area contributed by atoms with Gasteiger partial charge in [-0.1, -0.05) is 38.2 Å². The van der Waals surface area contributed by atoms with Crippen molar-refractivity contribution in [2.24, 2.45) is 23.7 Å². The van der Waals surface area contributed by atoms with Gasteiger partial charge in [0, 0.05) is 0 Å². The summed E-state index contributed by atoms with van der Waals surface area (Å²) >= 11 is 0. The van der Waals surface area contributed by atoms with Gasteiger partial charge in [-0.2, -0.15) is 0 Å². The quantitative estimate of drug-likeness (QED) is 0.548. The van der Waals surface area contributed by atoms with Crippen LogP contribution in [0.4, 0.5) is 0 Å². The van der Waals surface area contributed by atoms with Crippen LogP contribution >= 0.6 is 0 Å². The lowest BCUT2D eigenvalue weighted by Gasteiger charge is -2.45. The van der Waals surface area contributed by atoms with Gasteiger partial charge < -0.3 is 0 Å². The van der Waals surface area contributed by atoms with Gasteiger partial charge in [-0.25, -0.2) is 0 Å². The van der Waals surface area contributed by atoms with Crippen LogP contribution in [0.2, 0.25) is 0 Å². The van der Waals surface area contributed by atoms with Crippen molar-refractivity contribution in [2.45, 2.75) is 46.0 Å². The van der Waals surface area contributed by atoms with Crippen LogP contribution in [0.1, 0.15) is 46.0 Å². The van der Waals surface area contributed by atoms with E-state index in [4.69, 9.17) is 0 Å². The highest BCUT2D eigenvalue weighted by atomic mass is 14.4. The first-order valence-corrected chi connectivity index (χ1v) is 6.44. The lowest BCUT2D eigenvalue weighted by Crippen LogP contribution is -2.35. The maximum absolute atomic E-state index is 4.29. The highest BCUT2D eigenvalue weighted by Gasteiger charge is 2.38. The molecule has 0 spiro atoms. The van der Waals surface area contributed by atoms with E-state index in [2.05, 4.69) is 27.0 Å². The zero-order chi connectivity index (χ0) is 11.0. The van der Waals surface area contributed by atoms with Gasteiger partial charge in [0.1, 0.15) is 0 Å². The van der Waals surface area contributed by atoms with Crippen molar-refractivity contribution in [3.8, 4) is 0 Å². The SMILES string of the molecule is C=C1CC[C@H]2C(=C)CC[C@@H](C(C)C)[C@@H]2C1. The molecule has 0 aliphatic heterocycles. The van der Waals surface area contributed by atoms with Crippen molar-refractivity contribution >= 4 is 0 Å². The zero-order valence-electron chi connectivity index (χ0n) is 10.3. The molecule has 0 saturated heterocycles. The molecule has 2 saturated carbocycles. The van der Waals surface area contributed by atoms with Crippen molar-refractivity contribution in [1.82, 2.24) is 0 Å². The predicted octanol–water partition coefficient (Wildman–Crippen LogP) is 4.58. The molecule has 2 fully saturated rings. The van der Waals surface area contributed by atoms with Gasteiger partial charge in [0.05, 0.1) is 0 Å². The minimum Gasteiger partial charge on any atom is -0.0999 e. The highest BCUT2D eigenvalue weighted by molar-refractivity contribution is 5.15. The monoisotopic (exact) mass is 204 g/mol. The summed E-state index contributed by atoms with van der Waals surface area (Å²) in [5.74, 6) is 3.43. The first kappa shape index (κ1) is 11.0. The molecule has 0 heteroatoms. The van der Waals surface area contributed by atoms with Crippen molar-refractivity contribution in [1.29, 1.82) is 0 Å². The second kappa shape index (κ2) is 4.15. The van der Waals surface area contributed by atoms with Gasteiger partial charge >= 0.3 is 0 Å². The average Bonchev–Trinajstić information content (AvgIpc) is 2.17. The summed E-state index contributed by atoms with van der Waals surface area (Å²) in [7, 11) is 0. The third-order valence-corrected chi connectivity index (χ3v) is 4.58. The normalized spacial score (nSPS) is 36.9. The lowest BCUT2D eigenvalue weighted by molar-refractivity contribution is 0.131. The summed E-state index contributed by atoms with van der Waals surface area (Å²) in [4.78, 5) is 0. The van der Waals surface area contributed by atoms with Crippen molar-refractivity contribution < 1.29 is 0 Å². The van der Waals surface area contributed by atoms with Gasteiger partial charge in [0.25, 0.3) is 0 Å². The van der Waals surface area contributed by atoms with Crippen LogP contribution in [0.3, 0.4) is 0 Å². The fourth-order valence-electron chi connectivity index (χ4n) is 3.69. The van der Waals surface area contributed by atoms with E-state index in [0.717, 1.165) is 23.7 Å². The Labute approximate surface area is 94.5 Å². The smallest absolute Gasteiger partial charge is 0.0169 e. The molecule has 0 aromatic rings. The fraction of sp³-hybridized carbons (Fsp3) is 0.733. The predicted molar refractivity (Wildman–Crippen MR) is 66.7 cm³/mol. The molecule has 0 unspecified atom stereocenters. The molecule has 0 aromatic heterocycles.